The Morgan fingerprint density at radius 1 is 1.14 bits per heavy atom. The van der Waals surface area contributed by atoms with Crippen LogP contribution in [0.5, 0.6) is 0 Å². The standard InChI is InChI=1S/C18H19N3S/c1-3-13-5-7-14(8-6-13)17-11-22-18(21-17)20-16-10-15(19)9-4-12(16)2/h4-11H,3,19H2,1-2H3,(H,20,21). The normalized spacial score (nSPS) is 10.6. The lowest BCUT2D eigenvalue weighted by atomic mass is 10.1. The second-order valence-corrected chi connectivity index (χ2v) is 6.15. The first kappa shape index (κ1) is 14.6. The summed E-state index contributed by atoms with van der Waals surface area (Å²) >= 11 is 1.60. The summed E-state index contributed by atoms with van der Waals surface area (Å²) in [6, 6.07) is 14.4. The monoisotopic (exact) mass is 309 g/mol. The van der Waals surface area contributed by atoms with E-state index < -0.39 is 0 Å². The molecule has 0 aliphatic rings. The summed E-state index contributed by atoms with van der Waals surface area (Å²) in [5.74, 6) is 0. The molecule has 0 bridgehead atoms. The van der Waals surface area contributed by atoms with Crippen LogP contribution < -0.4 is 11.1 Å². The van der Waals surface area contributed by atoms with Gasteiger partial charge in [-0.15, -0.1) is 11.3 Å². The van der Waals surface area contributed by atoms with Gasteiger partial charge in [-0.2, -0.15) is 0 Å². The summed E-state index contributed by atoms with van der Waals surface area (Å²) in [5, 5.41) is 6.31. The van der Waals surface area contributed by atoms with Crippen molar-refractivity contribution in [3.63, 3.8) is 0 Å². The van der Waals surface area contributed by atoms with Crippen LogP contribution in [0.1, 0.15) is 18.1 Å². The quantitative estimate of drug-likeness (QED) is 0.666. The molecule has 0 fully saturated rings. The molecule has 0 aliphatic heterocycles. The number of hydrogen-bond donors (Lipinski definition) is 2. The number of anilines is 3. The molecule has 0 unspecified atom stereocenters. The number of nitrogens with two attached hydrogens (primary N) is 1. The Bertz CT molecular complexity index is 775. The number of hydrogen-bond acceptors (Lipinski definition) is 4. The number of nitrogens with zero attached hydrogens (tertiary/aromatic N) is 1. The second-order valence-electron chi connectivity index (χ2n) is 5.29. The lowest BCUT2D eigenvalue weighted by Gasteiger charge is -2.07. The van der Waals surface area contributed by atoms with Gasteiger partial charge in [0.15, 0.2) is 5.13 Å². The molecule has 0 radical (unpaired) electrons. The molecule has 4 heteroatoms. The molecule has 0 amide bonds. The van der Waals surface area contributed by atoms with Crippen molar-refractivity contribution in [1.29, 1.82) is 0 Å². The topological polar surface area (TPSA) is 50.9 Å². The van der Waals surface area contributed by atoms with E-state index in [1.165, 1.54) is 5.56 Å². The lowest BCUT2D eigenvalue weighted by molar-refractivity contribution is 1.14. The first-order valence-corrected chi connectivity index (χ1v) is 8.21. The van der Waals surface area contributed by atoms with Gasteiger partial charge >= 0.3 is 0 Å². The van der Waals surface area contributed by atoms with Crippen molar-refractivity contribution in [3.8, 4) is 11.3 Å². The predicted molar refractivity (Wildman–Crippen MR) is 95.8 cm³/mol. The third-order valence-electron chi connectivity index (χ3n) is 3.67. The van der Waals surface area contributed by atoms with Crippen LogP contribution in [-0.2, 0) is 6.42 Å². The van der Waals surface area contributed by atoms with E-state index in [1.54, 1.807) is 11.3 Å². The summed E-state index contributed by atoms with van der Waals surface area (Å²) < 4.78 is 0. The molecule has 0 saturated carbocycles. The molecule has 3 aromatic rings. The zero-order chi connectivity index (χ0) is 15.5. The molecule has 2 aromatic carbocycles. The van der Waals surface area contributed by atoms with Crippen molar-refractivity contribution in [2.75, 3.05) is 11.1 Å². The van der Waals surface area contributed by atoms with Gasteiger partial charge in [-0.1, -0.05) is 37.3 Å². The molecule has 0 saturated heterocycles. The van der Waals surface area contributed by atoms with Gasteiger partial charge in [0.05, 0.1) is 5.69 Å². The van der Waals surface area contributed by atoms with Crippen molar-refractivity contribution >= 4 is 27.8 Å². The molecule has 0 atom stereocenters. The van der Waals surface area contributed by atoms with E-state index >= 15 is 0 Å². The van der Waals surface area contributed by atoms with Crippen LogP contribution in [0.3, 0.4) is 0 Å². The summed E-state index contributed by atoms with van der Waals surface area (Å²) in [6.45, 7) is 4.22. The van der Waals surface area contributed by atoms with Gasteiger partial charge in [0.1, 0.15) is 0 Å². The fraction of sp³-hybridized carbons (Fsp3) is 0.167. The van der Waals surface area contributed by atoms with E-state index in [0.29, 0.717) is 0 Å². The SMILES string of the molecule is CCc1ccc(-c2csc(Nc3cc(N)ccc3C)n2)cc1. The lowest BCUT2D eigenvalue weighted by Crippen LogP contribution is -1.94. The number of thiazole rings is 1. The maximum Gasteiger partial charge on any atom is 0.187 e. The average Bonchev–Trinajstić information content (AvgIpc) is 2.99. The highest BCUT2D eigenvalue weighted by Gasteiger charge is 2.06. The highest BCUT2D eigenvalue weighted by molar-refractivity contribution is 7.14. The van der Waals surface area contributed by atoms with E-state index in [-0.39, 0.29) is 0 Å². The molecule has 3 N–H and O–H groups in total. The number of nitrogens with one attached hydrogen (secondary N) is 1. The first-order valence-electron chi connectivity index (χ1n) is 7.33. The van der Waals surface area contributed by atoms with Gasteiger partial charge in [0.2, 0.25) is 0 Å². The summed E-state index contributed by atoms with van der Waals surface area (Å²) in [4.78, 5) is 4.67. The predicted octanol–water partition coefficient (Wildman–Crippen LogP) is 5.01. The summed E-state index contributed by atoms with van der Waals surface area (Å²) in [5.41, 5.74) is 12.2. The molecule has 3 nitrogen and oxygen atoms in total. The maximum atomic E-state index is 5.85. The van der Waals surface area contributed by atoms with Crippen LogP contribution in [-0.4, -0.2) is 4.98 Å². The number of aryl methyl sites for hydroxylation is 2. The van der Waals surface area contributed by atoms with Crippen LogP contribution in [0.15, 0.2) is 47.8 Å². The maximum absolute atomic E-state index is 5.85. The highest BCUT2D eigenvalue weighted by atomic mass is 32.1. The molecule has 1 heterocycles. The van der Waals surface area contributed by atoms with E-state index in [0.717, 1.165) is 39.7 Å². The molecule has 1 aromatic heterocycles. The van der Waals surface area contributed by atoms with Gasteiger partial charge in [-0.05, 0) is 36.6 Å². The smallest absolute Gasteiger partial charge is 0.187 e. The van der Waals surface area contributed by atoms with Crippen LogP contribution >= 0.6 is 11.3 Å². The molecular weight excluding hydrogens is 290 g/mol. The van der Waals surface area contributed by atoms with Crippen LogP contribution in [0, 0.1) is 6.92 Å². The third-order valence-corrected chi connectivity index (χ3v) is 4.42. The Balaban J connectivity index is 1.82. The second kappa shape index (κ2) is 6.20. The van der Waals surface area contributed by atoms with Gasteiger partial charge < -0.3 is 11.1 Å². The zero-order valence-electron chi connectivity index (χ0n) is 12.8. The Kier molecular flexibility index (Phi) is 4.11. The van der Waals surface area contributed by atoms with E-state index in [9.17, 15) is 0 Å². The zero-order valence-corrected chi connectivity index (χ0v) is 13.6. The largest absolute Gasteiger partial charge is 0.399 e. The molecule has 0 spiro atoms. The first-order chi connectivity index (χ1) is 10.7. The van der Waals surface area contributed by atoms with Crippen molar-refractivity contribution in [2.45, 2.75) is 20.3 Å². The van der Waals surface area contributed by atoms with Gasteiger partial charge in [0, 0.05) is 22.3 Å². The minimum atomic E-state index is 0.750. The van der Waals surface area contributed by atoms with Crippen molar-refractivity contribution < 1.29 is 0 Å². The van der Waals surface area contributed by atoms with E-state index in [4.69, 9.17) is 5.73 Å². The van der Waals surface area contributed by atoms with Crippen LogP contribution in [0.4, 0.5) is 16.5 Å². The minimum absolute atomic E-state index is 0.750. The average molecular weight is 309 g/mol. The minimum Gasteiger partial charge on any atom is -0.399 e. The molecule has 0 aliphatic carbocycles. The summed E-state index contributed by atoms with van der Waals surface area (Å²) in [7, 11) is 0. The van der Waals surface area contributed by atoms with E-state index in [1.807, 2.05) is 18.2 Å². The van der Waals surface area contributed by atoms with E-state index in [2.05, 4.69) is 53.8 Å². The Morgan fingerprint density at radius 3 is 2.64 bits per heavy atom. The fourth-order valence-electron chi connectivity index (χ4n) is 2.26. The van der Waals surface area contributed by atoms with Crippen molar-refractivity contribution in [1.82, 2.24) is 4.98 Å². The molecule has 112 valence electrons. The van der Waals surface area contributed by atoms with Gasteiger partial charge in [0.25, 0.3) is 0 Å². The molecule has 3 rings (SSSR count). The van der Waals surface area contributed by atoms with Gasteiger partial charge in [-0.3, -0.25) is 0 Å². The highest BCUT2D eigenvalue weighted by Crippen LogP contribution is 2.29. The molecular formula is C18H19N3S. The van der Waals surface area contributed by atoms with Crippen LogP contribution in [0.25, 0.3) is 11.3 Å². The van der Waals surface area contributed by atoms with Crippen LogP contribution in [0.2, 0.25) is 0 Å². The summed E-state index contributed by atoms with van der Waals surface area (Å²) in [6.07, 6.45) is 1.05. The number of rotatable bonds is 4. The third kappa shape index (κ3) is 3.12. The number of nitrogen functional groups attached to an aromatic ring is 1. The van der Waals surface area contributed by atoms with Crippen molar-refractivity contribution in [3.05, 3.63) is 59.0 Å². The number of benzene rings is 2. The Morgan fingerprint density at radius 2 is 1.91 bits per heavy atom. The van der Waals surface area contributed by atoms with Crippen molar-refractivity contribution in [2.24, 2.45) is 0 Å². The van der Waals surface area contributed by atoms with Gasteiger partial charge in [-0.25, -0.2) is 4.98 Å². The number of aromatic nitrogens is 1. The fourth-order valence-corrected chi connectivity index (χ4v) is 3.00. The Labute approximate surface area is 134 Å². The molecule has 22 heavy (non-hydrogen) atoms. The Hall–Kier alpha value is -2.33.